The monoisotopic (exact) mass is 339 g/mol. The van der Waals surface area contributed by atoms with Crippen molar-refractivity contribution in [2.45, 2.75) is 25.4 Å². The van der Waals surface area contributed by atoms with Gasteiger partial charge in [-0.2, -0.15) is 0 Å². The Kier molecular flexibility index (Phi) is 3.20. The van der Waals surface area contributed by atoms with Crippen molar-refractivity contribution in [1.82, 2.24) is 5.32 Å². The number of hydrogen-bond donors (Lipinski definition) is 1. The Morgan fingerprint density at radius 2 is 2.12 bits per heavy atom. The molecule has 0 radical (unpaired) electrons. The second kappa shape index (κ2) is 4.82. The SMILES string of the molecule is Ic1ccc(CNC2CCc3ccccc32)o1. The van der Waals surface area contributed by atoms with Crippen molar-refractivity contribution in [1.29, 1.82) is 0 Å². The van der Waals surface area contributed by atoms with Crippen LogP contribution in [-0.2, 0) is 13.0 Å². The summed E-state index contributed by atoms with van der Waals surface area (Å²) >= 11 is 2.19. The van der Waals surface area contributed by atoms with Gasteiger partial charge in [0, 0.05) is 6.04 Å². The third-order valence-electron chi connectivity index (χ3n) is 3.28. The van der Waals surface area contributed by atoms with Crippen LogP contribution in [0.5, 0.6) is 0 Å². The van der Waals surface area contributed by atoms with Crippen LogP contribution >= 0.6 is 22.6 Å². The van der Waals surface area contributed by atoms with Crippen molar-refractivity contribution in [3.8, 4) is 0 Å². The predicted molar refractivity (Wildman–Crippen MR) is 75.8 cm³/mol. The van der Waals surface area contributed by atoms with Gasteiger partial charge in [-0.05, 0) is 58.7 Å². The molecule has 0 bridgehead atoms. The summed E-state index contributed by atoms with van der Waals surface area (Å²) in [7, 11) is 0. The van der Waals surface area contributed by atoms with E-state index in [2.05, 4.69) is 52.2 Å². The summed E-state index contributed by atoms with van der Waals surface area (Å²) in [6, 6.07) is 13.2. The van der Waals surface area contributed by atoms with E-state index in [1.165, 1.54) is 24.0 Å². The molecule has 0 aliphatic heterocycles. The van der Waals surface area contributed by atoms with E-state index in [0.717, 1.165) is 16.1 Å². The van der Waals surface area contributed by atoms with Gasteiger partial charge >= 0.3 is 0 Å². The van der Waals surface area contributed by atoms with E-state index in [-0.39, 0.29) is 0 Å². The molecule has 1 aromatic carbocycles. The highest BCUT2D eigenvalue weighted by Crippen LogP contribution is 2.30. The van der Waals surface area contributed by atoms with Crippen LogP contribution in [-0.4, -0.2) is 0 Å². The van der Waals surface area contributed by atoms with Crippen molar-refractivity contribution in [2.24, 2.45) is 0 Å². The van der Waals surface area contributed by atoms with Crippen LogP contribution in [0.4, 0.5) is 0 Å². The fourth-order valence-electron chi connectivity index (χ4n) is 2.44. The second-order valence-corrected chi connectivity index (χ2v) is 5.44. The van der Waals surface area contributed by atoms with Crippen molar-refractivity contribution < 1.29 is 4.42 Å². The quantitative estimate of drug-likeness (QED) is 0.864. The first kappa shape index (κ1) is 11.3. The molecule has 1 heterocycles. The average Bonchev–Trinajstić information content (AvgIpc) is 2.93. The first-order chi connectivity index (χ1) is 8.33. The van der Waals surface area contributed by atoms with Crippen molar-refractivity contribution in [3.63, 3.8) is 0 Å². The highest BCUT2D eigenvalue weighted by molar-refractivity contribution is 14.1. The molecule has 2 aromatic rings. The zero-order chi connectivity index (χ0) is 11.7. The first-order valence-corrected chi connectivity index (χ1v) is 6.96. The maximum absolute atomic E-state index is 5.56. The fourth-order valence-corrected chi connectivity index (χ4v) is 2.90. The molecule has 1 atom stereocenters. The van der Waals surface area contributed by atoms with E-state index in [1.54, 1.807) is 0 Å². The van der Waals surface area contributed by atoms with E-state index in [1.807, 2.05) is 12.1 Å². The molecular weight excluding hydrogens is 325 g/mol. The molecule has 0 saturated heterocycles. The van der Waals surface area contributed by atoms with Crippen LogP contribution in [0, 0.1) is 3.77 Å². The topological polar surface area (TPSA) is 25.2 Å². The van der Waals surface area contributed by atoms with Crippen LogP contribution in [0.3, 0.4) is 0 Å². The van der Waals surface area contributed by atoms with Gasteiger partial charge in [-0.25, -0.2) is 0 Å². The van der Waals surface area contributed by atoms with Crippen LogP contribution in [0.2, 0.25) is 0 Å². The normalized spacial score (nSPS) is 18.3. The molecule has 17 heavy (non-hydrogen) atoms. The molecule has 3 rings (SSSR count). The second-order valence-electron chi connectivity index (χ2n) is 4.38. The van der Waals surface area contributed by atoms with Crippen molar-refractivity contribution in [3.05, 3.63) is 57.1 Å². The van der Waals surface area contributed by atoms with E-state index in [9.17, 15) is 0 Å². The third kappa shape index (κ3) is 2.40. The van der Waals surface area contributed by atoms with Gasteiger partial charge in [-0.1, -0.05) is 24.3 Å². The predicted octanol–water partition coefficient (Wildman–Crippen LogP) is 3.66. The number of hydrogen-bond acceptors (Lipinski definition) is 2. The van der Waals surface area contributed by atoms with E-state index < -0.39 is 0 Å². The number of furan rings is 1. The van der Waals surface area contributed by atoms with E-state index >= 15 is 0 Å². The summed E-state index contributed by atoms with van der Waals surface area (Å²) in [5.41, 5.74) is 2.94. The Labute approximate surface area is 115 Å². The number of aryl methyl sites for hydroxylation is 1. The number of rotatable bonds is 3. The van der Waals surface area contributed by atoms with Crippen LogP contribution < -0.4 is 5.32 Å². The molecule has 88 valence electrons. The number of benzene rings is 1. The minimum atomic E-state index is 0.481. The lowest BCUT2D eigenvalue weighted by atomic mass is 10.1. The minimum absolute atomic E-state index is 0.481. The molecule has 0 saturated carbocycles. The van der Waals surface area contributed by atoms with Gasteiger partial charge in [0.15, 0.2) is 3.77 Å². The molecule has 0 fully saturated rings. The number of halogens is 1. The van der Waals surface area contributed by atoms with Gasteiger partial charge in [0.05, 0.1) is 6.54 Å². The van der Waals surface area contributed by atoms with Gasteiger partial charge in [0.1, 0.15) is 5.76 Å². The summed E-state index contributed by atoms with van der Waals surface area (Å²) in [6.45, 7) is 0.808. The molecule has 1 aliphatic carbocycles. The molecule has 3 heteroatoms. The standard InChI is InChI=1S/C14H14INO/c15-14-8-6-11(17-14)9-16-13-7-5-10-3-1-2-4-12(10)13/h1-4,6,8,13,16H,5,7,9H2. The maximum Gasteiger partial charge on any atom is 0.164 e. The summed E-state index contributed by atoms with van der Waals surface area (Å²) < 4.78 is 6.51. The lowest BCUT2D eigenvalue weighted by Gasteiger charge is -2.12. The Bertz CT molecular complexity index is 520. The summed E-state index contributed by atoms with van der Waals surface area (Å²) in [4.78, 5) is 0. The molecule has 1 N–H and O–H groups in total. The van der Waals surface area contributed by atoms with Crippen molar-refractivity contribution in [2.75, 3.05) is 0 Å². The number of nitrogens with one attached hydrogen (secondary N) is 1. The van der Waals surface area contributed by atoms with Gasteiger partial charge in [-0.15, -0.1) is 0 Å². The zero-order valence-electron chi connectivity index (χ0n) is 9.45. The molecule has 0 spiro atoms. The zero-order valence-corrected chi connectivity index (χ0v) is 11.6. The average molecular weight is 339 g/mol. The van der Waals surface area contributed by atoms with E-state index in [0.29, 0.717) is 6.04 Å². The molecular formula is C14H14INO. The Balaban J connectivity index is 1.68. The van der Waals surface area contributed by atoms with Gasteiger partial charge in [0.25, 0.3) is 0 Å². The number of fused-ring (bicyclic) bond motifs is 1. The molecule has 1 aromatic heterocycles. The lowest BCUT2D eigenvalue weighted by molar-refractivity contribution is 0.435. The molecule has 2 nitrogen and oxygen atoms in total. The van der Waals surface area contributed by atoms with Crippen molar-refractivity contribution >= 4 is 22.6 Å². The molecule has 0 amide bonds. The smallest absolute Gasteiger partial charge is 0.164 e. The highest BCUT2D eigenvalue weighted by atomic mass is 127. The Hall–Kier alpha value is -0.810. The highest BCUT2D eigenvalue weighted by Gasteiger charge is 2.21. The largest absolute Gasteiger partial charge is 0.454 e. The molecule has 1 unspecified atom stereocenters. The van der Waals surface area contributed by atoms with Gasteiger partial charge < -0.3 is 9.73 Å². The third-order valence-corrected chi connectivity index (χ3v) is 3.86. The minimum Gasteiger partial charge on any atom is -0.454 e. The Morgan fingerprint density at radius 3 is 2.94 bits per heavy atom. The van der Waals surface area contributed by atoms with Gasteiger partial charge in [0.2, 0.25) is 0 Å². The fraction of sp³-hybridized carbons (Fsp3) is 0.286. The summed E-state index contributed by atoms with van der Waals surface area (Å²) in [6.07, 6.45) is 2.38. The lowest BCUT2D eigenvalue weighted by Crippen LogP contribution is -2.18. The van der Waals surface area contributed by atoms with Crippen LogP contribution in [0.1, 0.15) is 29.3 Å². The van der Waals surface area contributed by atoms with Gasteiger partial charge in [-0.3, -0.25) is 0 Å². The Morgan fingerprint density at radius 1 is 1.24 bits per heavy atom. The summed E-state index contributed by atoms with van der Waals surface area (Å²) in [5, 5.41) is 3.57. The van der Waals surface area contributed by atoms with Crippen LogP contribution in [0.15, 0.2) is 40.8 Å². The molecule has 1 aliphatic rings. The van der Waals surface area contributed by atoms with E-state index in [4.69, 9.17) is 4.42 Å². The maximum atomic E-state index is 5.56. The van der Waals surface area contributed by atoms with Crippen LogP contribution in [0.25, 0.3) is 0 Å². The summed E-state index contributed by atoms with van der Waals surface area (Å²) in [5.74, 6) is 1.01. The first-order valence-electron chi connectivity index (χ1n) is 5.88.